The maximum Gasteiger partial charge on any atom is 0.341 e. The molecule has 0 fully saturated rings. The maximum atomic E-state index is 11.9. The van der Waals surface area contributed by atoms with Crippen LogP contribution in [0.5, 0.6) is 0 Å². The smallest absolute Gasteiger partial charge is 0.341 e. The van der Waals surface area contributed by atoms with E-state index in [4.69, 9.17) is 15.6 Å². The average Bonchev–Trinajstić information content (AvgIpc) is 3.05. The lowest BCUT2D eigenvalue weighted by molar-refractivity contribution is -0.140. The standard InChI is InChI=1S/C25H24N2O4/c1-2-18-20(14-23(26)28)25-22(31-15-24(29)30)11-6-12-27(25)21(18)13-17-9-5-8-16-7-3-4-10-19(16)17/h3-13,18H,2,14-15H2,1H3,(H2,26,28)(H,29,30)/b21-13-. The van der Waals surface area contributed by atoms with E-state index >= 15 is 0 Å². The molecule has 1 unspecified atom stereocenters. The zero-order valence-corrected chi connectivity index (χ0v) is 17.2. The number of aliphatic carboxylic acids is 1. The third kappa shape index (κ3) is 3.97. The minimum Gasteiger partial charge on any atom is -0.480 e. The van der Waals surface area contributed by atoms with Crippen LogP contribution in [0.4, 0.5) is 0 Å². The van der Waals surface area contributed by atoms with E-state index in [1.54, 1.807) is 6.08 Å². The number of carboxylic acids is 1. The van der Waals surface area contributed by atoms with Gasteiger partial charge in [0.15, 0.2) is 6.61 Å². The van der Waals surface area contributed by atoms with Crippen LogP contribution in [0.25, 0.3) is 16.8 Å². The van der Waals surface area contributed by atoms with Gasteiger partial charge in [-0.25, -0.2) is 4.79 Å². The molecule has 0 saturated carbocycles. The van der Waals surface area contributed by atoms with Gasteiger partial charge >= 0.3 is 5.97 Å². The number of fused-ring (bicyclic) bond motifs is 2. The van der Waals surface area contributed by atoms with E-state index in [0.717, 1.165) is 34.0 Å². The molecule has 0 saturated heterocycles. The van der Waals surface area contributed by atoms with E-state index in [-0.39, 0.29) is 12.3 Å². The normalized spacial score (nSPS) is 19.0. The molecule has 0 aliphatic carbocycles. The zero-order chi connectivity index (χ0) is 22.0. The molecule has 0 bridgehead atoms. The van der Waals surface area contributed by atoms with Gasteiger partial charge in [-0.05, 0) is 46.6 Å². The molecule has 0 spiro atoms. The molecule has 2 heterocycles. The van der Waals surface area contributed by atoms with Crippen LogP contribution < -0.4 is 5.73 Å². The van der Waals surface area contributed by atoms with Crippen LogP contribution in [0.1, 0.15) is 25.3 Å². The van der Waals surface area contributed by atoms with Gasteiger partial charge in [0.25, 0.3) is 0 Å². The fraction of sp³-hybridized carbons (Fsp3) is 0.200. The number of nitrogens with zero attached hydrogens (tertiary/aromatic N) is 1. The van der Waals surface area contributed by atoms with E-state index in [1.165, 1.54) is 0 Å². The summed E-state index contributed by atoms with van der Waals surface area (Å²) in [5.74, 6) is -1.10. The number of carbonyl (C=O) groups excluding carboxylic acids is 1. The fourth-order valence-electron chi connectivity index (χ4n) is 4.34. The largest absolute Gasteiger partial charge is 0.480 e. The molecular weight excluding hydrogens is 392 g/mol. The summed E-state index contributed by atoms with van der Waals surface area (Å²) < 4.78 is 5.56. The van der Waals surface area contributed by atoms with E-state index in [9.17, 15) is 9.59 Å². The van der Waals surface area contributed by atoms with Crippen LogP contribution in [0.15, 0.2) is 83.5 Å². The van der Waals surface area contributed by atoms with Gasteiger partial charge in [-0.2, -0.15) is 0 Å². The van der Waals surface area contributed by atoms with Crippen molar-refractivity contribution in [2.24, 2.45) is 11.7 Å². The summed E-state index contributed by atoms with van der Waals surface area (Å²) in [5, 5.41) is 11.3. The van der Waals surface area contributed by atoms with Crippen molar-refractivity contribution < 1.29 is 19.4 Å². The van der Waals surface area contributed by atoms with E-state index in [0.29, 0.717) is 11.5 Å². The molecule has 0 radical (unpaired) electrons. The highest BCUT2D eigenvalue weighted by Gasteiger charge is 2.38. The van der Waals surface area contributed by atoms with Crippen molar-refractivity contribution in [3.05, 3.63) is 89.1 Å². The van der Waals surface area contributed by atoms with E-state index in [2.05, 4.69) is 37.3 Å². The van der Waals surface area contributed by atoms with Gasteiger partial charge in [0.05, 0.1) is 12.1 Å². The van der Waals surface area contributed by atoms with Crippen molar-refractivity contribution >= 4 is 28.7 Å². The second kappa shape index (κ2) is 8.52. The first-order valence-corrected chi connectivity index (χ1v) is 10.2. The lowest BCUT2D eigenvalue weighted by atomic mass is 9.91. The average molecular weight is 416 g/mol. The van der Waals surface area contributed by atoms with Crippen molar-refractivity contribution in [1.29, 1.82) is 0 Å². The molecule has 4 rings (SSSR count). The predicted molar refractivity (Wildman–Crippen MR) is 119 cm³/mol. The van der Waals surface area contributed by atoms with Gasteiger partial charge in [-0.15, -0.1) is 0 Å². The van der Waals surface area contributed by atoms with E-state index < -0.39 is 18.5 Å². The van der Waals surface area contributed by atoms with Crippen LogP contribution in [-0.4, -0.2) is 28.5 Å². The lowest BCUT2D eigenvalue weighted by Gasteiger charge is -2.25. The van der Waals surface area contributed by atoms with Crippen molar-refractivity contribution in [3.8, 4) is 0 Å². The Kier molecular flexibility index (Phi) is 5.62. The molecule has 31 heavy (non-hydrogen) atoms. The quantitative estimate of drug-likeness (QED) is 0.707. The minimum atomic E-state index is -1.06. The molecule has 6 nitrogen and oxygen atoms in total. The monoisotopic (exact) mass is 416 g/mol. The summed E-state index contributed by atoms with van der Waals surface area (Å²) in [6.07, 6.45) is 8.44. The molecule has 6 heteroatoms. The number of primary amides is 1. The molecular formula is C25H24N2O4. The summed E-state index contributed by atoms with van der Waals surface area (Å²) in [6, 6.07) is 14.4. The highest BCUT2D eigenvalue weighted by molar-refractivity contribution is 5.91. The Morgan fingerprint density at radius 1 is 1.19 bits per heavy atom. The highest BCUT2D eigenvalue weighted by atomic mass is 16.5. The first-order chi connectivity index (χ1) is 15.0. The number of amides is 1. The van der Waals surface area contributed by atoms with Crippen molar-refractivity contribution in [2.75, 3.05) is 6.61 Å². The second-order valence-corrected chi connectivity index (χ2v) is 7.54. The molecule has 1 amide bonds. The molecule has 2 aromatic carbocycles. The number of allylic oxidation sites excluding steroid dienone is 3. The minimum absolute atomic E-state index is 0.0407. The third-order valence-corrected chi connectivity index (χ3v) is 5.57. The Balaban J connectivity index is 1.83. The number of carbonyl (C=O) groups is 2. The molecule has 158 valence electrons. The lowest BCUT2D eigenvalue weighted by Crippen LogP contribution is -2.19. The van der Waals surface area contributed by atoms with Crippen molar-refractivity contribution in [3.63, 3.8) is 0 Å². The summed E-state index contributed by atoms with van der Waals surface area (Å²) in [7, 11) is 0. The Labute approximate surface area is 180 Å². The Morgan fingerprint density at radius 2 is 1.97 bits per heavy atom. The fourth-order valence-corrected chi connectivity index (χ4v) is 4.34. The Morgan fingerprint density at radius 3 is 2.71 bits per heavy atom. The number of hydrogen-bond donors (Lipinski definition) is 2. The molecule has 2 aliphatic rings. The summed E-state index contributed by atoms with van der Waals surface area (Å²) in [5.41, 5.74) is 9.20. The van der Waals surface area contributed by atoms with Crippen molar-refractivity contribution in [2.45, 2.75) is 19.8 Å². The van der Waals surface area contributed by atoms with Gasteiger partial charge in [0.1, 0.15) is 5.76 Å². The molecule has 2 aromatic rings. The SMILES string of the molecule is CCC1C(CC(N)=O)=C2C(OCC(=O)O)=CC=CN2/C1=C\c1cccc2ccccc12. The highest BCUT2D eigenvalue weighted by Crippen LogP contribution is 2.46. The molecule has 1 atom stereocenters. The zero-order valence-electron chi connectivity index (χ0n) is 17.2. The van der Waals surface area contributed by atoms with E-state index in [1.807, 2.05) is 35.4 Å². The topological polar surface area (TPSA) is 92.9 Å². The third-order valence-electron chi connectivity index (χ3n) is 5.57. The van der Waals surface area contributed by atoms with Crippen LogP contribution in [-0.2, 0) is 14.3 Å². The molecule has 2 aliphatic heterocycles. The predicted octanol–water partition coefficient (Wildman–Crippen LogP) is 4.16. The Hall–Kier alpha value is -3.80. The van der Waals surface area contributed by atoms with Crippen molar-refractivity contribution in [1.82, 2.24) is 4.90 Å². The van der Waals surface area contributed by atoms with Crippen LogP contribution in [0.2, 0.25) is 0 Å². The number of hydrogen-bond acceptors (Lipinski definition) is 4. The van der Waals surface area contributed by atoms with Gasteiger partial charge < -0.3 is 20.5 Å². The van der Waals surface area contributed by atoms with Gasteiger partial charge in [-0.1, -0.05) is 49.4 Å². The number of ether oxygens (including phenoxy) is 1. The van der Waals surface area contributed by atoms with Crippen LogP contribution >= 0.6 is 0 Å². The van der Waals surface area contributed by atoms with Crippen LogP contribution in [0.3, 0.4) is 0 Å². The number of rotatable bonds is 7. The van der Waals surface area contributed by atoms with Gasteiger partial charge in [0.2, 0.25) is 5.91 Å². The summed E-state index contributed by atoms with van der Waals surface area (Å²) in [6.45, 7) is 1.60. The van der Waals surface area contributed by atoms with Gasteiger partial charge in [0, 0.05) is 17.8 Å². The molecule has 3 N–H and O–H groups in total. The first kappa shape index (κ1) is 20.5. The summed E-state index contributed by atoms with van der Waals surface area (Å²) >= 11 is 0. The summed E-state index contributed by atoms with van der Waals surface area (Å²) in [4.78, 5) is 24.9. The first-order valence-electron chi connectivity index (χ1n) is 10.2. The number of carboxylic acid groups (broad SMARTS) is 1. The second-order valence-electron chi connectivity index (χ2n) is 7.54. The van der Waals surface area contributed by atoms with Crippen LogP contribution in [0, 0.1) is 5.92 Å². The maximum absolute atomic E-state index is 11.9. The van der Waals surface area contributed by atoms with Gasteiger partial charge in [-0.3, -0.25) is 4.79 Å². The molecule has 0 aromatic heterocycles. The number of benzene rings is 2. The Bertz CT molecular complexity index is 1170. The number of nitrogens with two attached hydrogens (primary N) is 1.